The lowest BCUT2D eigenvalue weighted by Crippen LogP contribution is -2.36. The molecule has 0 saturated heterocycles. The van der Waals surface area contributed by atoms with Gasteiger partial charge < -0.3 is 5.32 Å². The van der Waals surface area contributed by atoms with Crippen LogP contribution in [0.25, 0.3) is 33.5 Å². The first-order valence-electron chi connectivity index (χ1n) is 21.0. The molecule has 0 aliphatic heterocycles. The normalized spacial score (nSPS) is 18.7. The first-order valence-corrected chi connectivity index (χ1v) is 21.0. The minimum atomic E-state index is -0.311. The Morgan fingerprint density at radius 1 is 0.684 bits per heavy atom. The lowest BCUT2D eigenvalue weighted by atomic mass is 9.62. The molecule has 0 saturated carbocycles. The van der Waals surface area contributed by atoms with Crippen LogP contribution >= 0.6 is 0 Å². The number of benzene rings is 6. The van der Waals surface area contributed by atoms with E-state index in [9.17, 15) is 0 Å². The van der Waals surface area contributed by atoms with E-state index in [0.717, 1.165) is 25.8 Å². The quantitative estimate of drug-likeness (QED) is 0.124. The van der Waals surface area contributed by atoms with Crippen LogP contribution in [0.1, 0.15) is 86.3 Å². The van der Waals surface area contributed by atoms with Crippen molar-refractivity contribution in [1.29, 1.82) is 0 Å². The molecule has 0 amide bonds. The molecular formula is C56H55N. The number of hydrogen-bond donors (Lipinski definition) is 1. The van der Waals surface area contributed by atoms with Crippen LogP contribution in [0.15, 0.2) is 194 Å². The molecule has 1 heteroatoms. The summed E-state index contributed by atoms with van der Waals surface area (Å²) in [7, 11) is 0. The van der Waals surface area contributed by atoms with Crippen molar-refractivity contribution in [3.63, 3.8) is 0 Å². The monoisotopic (exact) mass is 741 g/mol. The molecule has 2 aliphatic rings. The van der Waals surface area contributed by atoms with E-state index < -0.39 is 0 Å². The Morgan fingerprint density at radius 3 is 2.02 bits per heavy atom. The second-order valence-electron chi connectivity index (χ2n) is 15.8. The average Bonchev–Trinajstić information content (AvgIpc) is 3.58. The summed E-state index contributed by atoms with van der Waals surface area (Å²) in [6.45, 7) is 10.2. The number of fused-ring (bicyclic) bond motifs is 3. The molecule has 284 valence electrons. The third-order valence-corrected chi connectivity index (χ3v) is 12.7. The van der Waals surface area contributed by atoms with E-state index in [2.05, 4.69) is 221 Å². The fourth-order valence-corrected chi connectivity index (χ4v) is 9.77. The molecule has 0 spiro atoms. The molecule has 57 heavy (non-hydrogen) atoms. The number of hydrogen-bond acceptors (Lipinski definition) is 1. The second kappa shape index (κ2) is 17.1. The van der Waals surface area contributed by atoms with Crippen molar-refractivity contribution in [3.05, 3.63) is 227 Å². The Bertz CT molecular complexity index is 2410. The number of allylic oxidation sites excluding steroid dienone is 7. The third kappa shape index (κ3) is 7.28. The van der Waals surface area contributed by atoms with Crippen molar-refractivity contribution in [2.75, 3.05) is 6.54 Å². The van der Waals surface area contributed by atoms with E-state index in [1.54, 1.807) is 0 Å². The van der Waals surface area contributed by atoms with Crippen LogP contribution in [-0.4, -0.2) is 6.54 Å². The highest BCUT2D eigenvalue weighted by Gasteiger charge is 2.49. The standard InChI is InChI=1S/C56H55N/c1-5-21-54(44-24-13-8-14-25-44)57-39-51(41(4)55(40(3)6-2)45-34-32-43(33-35-45)42-22-11-7-12-23-42)46-36-37-50-49-30-19-20-31-52(49)56(53(50)38-46,47-26-15-9-16-27-47)48-28-17-10-18-29-48/h7-28,30-38,41,48,51,57H,5-6,29,39H2,1-4H3/b54-21+,55-40+. The Kier molecular flexibility index (Phi) is 11.4. The molecule has 6 aromatic carbocycles. The minimum absolute atomic E-state index is 0.184. The zero-order valence-electron chi connectivity index (χ0n) is 34.0. The second-order valence-corrected chi connectivity index (χ2v) is 15.8. The van der Waals surface area contributed by atoms with Crippen molar-refractivity contribution >= 4 is 11.3 Å². The maximum atomic E-state index is 4.03. The van der Waals surface area contributed by atoms with Gasteiger partial charge in [-0.2, -0.15) is 0 Å². The van der Waals surface area contributed by atoms with Crippen LogP contribution in [0.2, 0.25) is 0 Å². The van der Waals surface area contributed by atoms with Gasteiger partial charge in [0, 0.05) is 18.2 Å². The van der Waals surface area contributed by atoms with Gasteiger partial charge in [0.2, 0.25) is 0 Å². The van der Waals surface area contributed by atoms with Gasteiger partial charge in [-0.25, -0.2) is 0 Å². The van der Waals surface area contributed by atoms with Crippen molar-refractivity contribution in [2.45, 2.75) is 58.3 Å². The van der Waals surface area contributed by atoms with Gasteiger partial charge in [0.1, 0.15) is 0 Å². The summed E-state index contributed by atoms with van der Waals surface area (Å²) in [6.07, 6.45) is 14.6. The molecule has 0 heterocycles. The first kappa shape index (κ1) is 38.0. The van der Waals surface area contributed by atoms with Gasteiger partial charge >= 0.3 is 0 Å². The molecular weight excluding hydrogens is 687 g/mol. The predicted molar refractivity (Wildman–Crippen MR) is 244 cm³/mol. The van der Waals surface area contributed by atoms with Crippen molar-refractivity contribution in [2.24, 2.45) is 11.8 Å². The lowest BCUT2D eigenvalue weighted by Gasteiger charge is -2.40. The smallest absolute Gasteiger partial charge is 0.0529 e. The van der Waals surface area contributed by atoms with Gasteiger partial charge in [-0.15, -0.1) is 0 Å². The molecule has 1 nitrogen and oxygen atoms in total. The lowest BCUT2D eigenvalue weighted by molar-refractivity contribution is 0.456. The van der Waals surface area contributed by atoms with Crippen molar-refractivity contribution in [3.8, 4) is 22.3 Å². The zero-order valence-corrected chi connectivity index (χ0v) is 34.0. The SMILES string of the molecule is CC/C=C(/NCC(c1ccc2c(c1)C(c1ccccc1)(C1C=CC=CC1)c1ccccc1-2)C(C)/C(=C(/C)CC)c1ccc(-c2ccccc2)cc1)c1ccccc1. The summed E-state index contributed by atoms with van der Waals surface area (Å²) in [5.41, 5.74) is 17.1. The molecule has 0 fully saturated rings. The minimum Gasteiger partial charge on any atom is -0.384 e. The van der Waals surface area contributed by atoms with Gasteiger partial charge in [0.15, 0.2) is 0 Å². The summed E-state index contributed by atoms with van der Waals surface area (Å²) in [5.74, 6) is 0.697. The van der Waals surface area contributed by atoms with Gasteiger partial charge in [0.05, 0.1) is 5.41 Å². The summed E-state index contributed by atoms with van der Waals surface area (Å²) in [5, 5.41) is 4.03. The van der Waals surface area contributed by atoms with Crippen LogP contribution in [0.3, 0.4) is 0 Å². The van der Waals surface area contributed by atoms with Crippen molar-refractivity contribution in [1.82, 2.24) is 5.32 Å². The highest BCUT2D eigenvalue weighted by molar-refractivity contribution is 5.85. The Hall–Kier alpha value is -5.92. The van der Waals surface area contributed by atoms with Crippen LogP contribution in [-0.2, 0) is 5.41 Å². The molecule has 0 aromatic heterocycles. The third-order valence-electron chi connectivity index (χ3n) is 12.7. The fraction of sp³-hybridized carbons (Fsp3) is 0.214. The first-order chi connectivity index (χ1) is 28.0. The van der Waals surface area contributed by atoms with E-state index in [0.29, 0.717) is 0 Å². The Morgan fingerprint density at radius 2 is 1.33 bits per heavy atom. The van der Waals surface area contributed by atoms with Crippen LogP contribution in [0, 0.1) is 11.8 Å². The molecule has 4 unspecified atom stereocenters. The van der Waals surface area contributed by atoms with E-state index in [4.69, 9.17) is 0 Å². The van der Waals surface area contributed by atoms with E-state index >= 15 is 0 Å². The highest BCUT2D eigenvalue weighted by Crippen LogP contribution is 2.58. The topological polar surface area (TPSA) is 12.0 Å². The molecule has 0 radical (unpaired) electrons. The zero-order chi connectivity index (χ0) is 39.2. The average molecular weight is 742 g/mol. The summed E-state index contributed by atoms with van der Waals surface area (Å²) < 4.78 is 0. The largest absolute Gasteiger partial charge is 0.384 e. The fourth-order valence-electron chi connectivity index (χ4n) is 9.77. The van der Waals surface area contributed by atoms with Gasteiger partial charge in [-0.1, -0.05) is 214 Å². The van der Waals surface area contributed by atoms with Crippen LogP contribution in [0.5, 0.6) is 0 Å². The Labute approximate surface area is 341 Å². The van der Waals surface area contributed by atoms with E-state index in [-0.39, 0.29) is 23.2 Å². The number of nitrogens with one attached hydrogen (secondary N) is 1. The van der Waals surface area contributed by atoms with E-state index in [1.165, 1.54) is 72.5 Å². The summed E-state index contributed by atoms with van der Waals surface area (Å²) in [4.78, 5) is 0. The maximum absolute atomic E-state index is 4.03. The molecule has 1 N–H and O–H groups in total. The molecule has 8 rings (SSSR count). The van der Waals surface area contributed by atoms with Crippen LogP contribution < -0.4 is 5.32 Å². The molecule has 4 atom stereocenters. The van der Waals surface area contributed by atoms with Gasteiger partial charge in [0.25, 0.3) is 0 Å². The van der Waals surface area contributed by atoms with Crippen molar-refractivity contribution < 1.29 is 0 Å². The predicted octanol–water partition coefficient (Wildman–Crippen LogP) is 14.4. The van der Waals surface area contributed by atoms with Gasteiger partial charge in [-0.3, -0.25) is 0 Å². The highest BCUT2D eigenvalue weighted by atomic mass is 14.9. The Balaban J connectivity index is 1.29. The molecule has 2 aliphatic carbocycles. The summed E-state index contributed by atoms with van der Waals surface area (Å²) >= 11 is 0. The van der Waals surface area contributed by atoms with E-state index in [1.807, 2.05) is 0 Å². The number of rotatable bonds is 13. The maximum Gasteiger partial charge on any atom is 0.0529 e. The molecule has 6 aromatic rings. The molecule has 0 bridgehead atoms. The van der Waals surface area contributed by atoms with Crippen LogP contribution in [0.4, 0.5) is 0 Å². The summed E-state index contributed by atoms with van der Waals surface area (Å²) in [6, 6.07) is 58.9. The van der Waals surface area contributed by atoms with Gasteiger partial charge in [-0.05, 0) is 99.2 Å².